The Morgan fingerprint density at radius 3 is 2.66 bits per heavy atom. The topological polar surface area (TPSA) is 73.2 Å². The Labute approximate surface area is 181 Å². The minimum Gasteiger partial charge on any atom is -0.494 e. The Kier molecular flexibility index (Phi) is 7.06. The molecule has 2 aromatic carbocycles. The van der Waals surface area contributed by atoms with E-state index in [0.717, 1.165) is 15.8 Å². The molecule has 1 aromatic heterocycles. The molecule has 3 aromatic rings. The summed E-state index contributed by atoms with van der Waals surface area (Å²) in [5, 5.41) is 7.52. The van der Waals surface area contributed by atoms with Crippen molar-refractivity contribution in [3.63, 3.8) is 0 Å². The van der Waals surface area contributed by atoms with Crippen molar-refractivity contribution in [1.29, 1.82) is 0 Å². The van der Waals surface area contributed by atoms with E-state index >= 15 is 0 Å². The van der Waals surface area contributed by atoms with Crippen LogP contribution in [-0.2, 0) is 6.54 Å². The maximum atomic E-state index is 12.3. The van der Waals surface area contributed by atoms with Gasteiger partial charge in [0, 0.05) is 22.6 Å². The molecule has 150 valence electrons. The third kappa shape index (κ3) is 5.46. The standard InChI is InChI=1S/C21H19BrClN3O3/c1-2-29-16-6-3-14(4-7-16)19-9-10-20(27)26(25-19)12-11-24-21(28)17-13-15(22)5-8-18(17)23/h3-10,13H,2,11-12H2,1H3,(H,24,28). The molecule has 0 unspecified atom stereocenters. The van der Waals surface area contributed by atoms with Gasteiger partial charge in [-0.2, -0.15) is 5.10 Å². The zero-order valence-corrected chi connectivity index (χ0v) is 18.0. The number of nitrogens with one attached hydrogen (secondary N) is 1. The lowest BCUT2D eigenvalue weighted by molar-refractivity contribution is 0.0952. The molecule has 8 heteroatoms. The number of amides is 1. The van der Waals surface area contributed by atoms with Crippen molar-refractivity contribution >= 4 is 33.4 Å². The SMILES string of the molecule is CCOc1ccc(-c2ccc(=O)n(CCNC(=O)c3cc(Br)ccc3Cl)n2)cc1. The molecule has 0 bridgehead atoms. The van der Waals surface area contributed by atoms with E-state index in [1.54, 1.807) is 24.3 Å². The fourth-order valence-electron chi connectivity index (χ4n) is 2.69. The number of halogens is 2. The van der Waals surface area contributed by atoms with Crippen LogP contribution in [0.2, 0.25) is 5.02 Å². The zero-order chi connectivity index (χ0) is 20.8. The van der Waals surface area contributed by atoms with E-state index in [-0.39, 0.29) is 24.6 Å². The van der Waals surface area contributed by atoms with Crippen molar-refractivity contribution in [2.45, 2.75) is 13.5 Å². The molecule has 0 atom stereocenters. The van der Waals surface area contributed by atoms with Gasteiger partial charge in [-0.25, -0.2) is 4.68 Å². The van der Waals surface area contributed by atoms with Gasteiger partial charge in [0.25, 0.3) is 11.5 Å². The van der Waals surface area contributed by atoms with Crippen molar-refractivity contribution in [3.8, 4) is 17.0 Å². The van der Waals surface area contributed by atoms with E-state index in [2.05, 4.69) is 26.3 Å². The second-order valence-electron chi connectivity index (χ2n) is 6.12. The summed E-state index contributed by atoms with van der Waals surface area (Å²) >= 11 is 9.39. The molecule has 0 fully saturated rings. The van der Waals surface area contributed by atoms with Crippen LogP contribution in [0.5, 0.6) is 5.75 Å². The van der Waals surface area contributed by atoms with Crippen molar-refractivity contribution in [2.75, 3.05) is 13.2 Å². The van der Waals surface area contributed by atoms with Crippen molar-refractivity contribution < 1.29 is 9.53 Å². The smallest absolute Gasteiger partial charge is 0.266 e. The highest BCUT2D eigenvalue weighted by molar-refractivity contribution is 9.10. The number of hydrogen-bond donors (Lipinski definition) is 1. The van der Waals surface area contributed by atoms with Crippen LogP contribution < -0.4 is 15.6 Å². The molecule has 1 N–H and O–H groups in total. The third-order valence-corrected chi connectivity index (χ3v) is 4.93. The molecule has 3 rings (SSSR count). The quantitative estimate of drug-likeness (QED) is 0.556. The van der Waals surface area contributed by atoms with E-state index in [9.17, 15) is 9.59 Å². The lowest BCUT2D eigenvalue weighted by atomic mass is 10.1. The number of ether oxygens (including phenoxy) is 1. The molecular weight excluding hydrogens is 458 g/mol. The van der Waals surface area contributed by atoms with Gasteiger partial charge in [-0.15, -0.1) is 0 Å². The highest BCUT2D eigenvalue weighted by Gasteiger charge is 2.11. The molecule has 1 heterocycles. The first-order chi connectivity index (χ1) is 14.0. The number of carbonyl (C=O) groups is 1. The number of aromatic nitrogens is 2. The van der Waals surface area contributed by atoms with Gasteiger partial charge in [-0.05, 0) is 55.5 Å². The minimum atomic E-state index is -0.313. The molecule has 0 aliphatic heterocycles. The summed E-state index contributed by atoms with van der Waals surface area (Å²) in [7, 11) is 0. The molecular formula is C21H19BrClN3O3. The van der Waals surface area contributed by atoms with Gasteiger partial charge < -0.3 is 10.1 Å². The predicted octanol–water partition coefficient (Wildman–Crippen LogP) is 4.15. The molecule has 0 aliphatic carbocycles. The first kappa shape index (κ1) is 21.1. The molecule has 6 nitrogen and oxygen atoms in total. The fraction of sp³-hybridized carbons (Fsp3) is 0.190. The van der Waals surface area contributed by atoms with Gasteiger partial charge in [0.1, 0.15) is 5.75 Å². The molecule has 29 heavy (non-hydrogen) atoms. The van der Waals surface area contributed by atoms with Crippen molar-refractivity contribution in [1.82, 2.24) is 15.1 Å². The number of nitrogens with zero attached hydrogens (tertiary/aromatic N) is 2. The second kappa shape index (κ2) is 9.71. The summed E-state index contributed by atoms with van der Waals surface area (Å²) in [5.74, 6) is 0.463. The van der Waals surface area contributed by atoms with Crippen LogP contribution in [0.1, 0.15) is 17.3 Å². The van der Waals surface area contributed by atoms with E-state index < -0.39 is 0 Å². The lowest BCUT2D eigenvalue weighted by Gasteiger charge is -2.10. The average molecular weight is 477 g/mol. The largest absolute Gasteiger partial charge is 0.494 e. The third-order valence-electron chi connectivity index (χ3n) is 4.11. The van der Waals surface area contributed by atoms with Gasteiger partial charge in [-0.1, -0.05) is 27.5 Å². The molecule has 0 spiro atoms. The summed E-state index contributed by atoms with van der Waals surface area (Å²) in [5.41, 5.74) is 1.65. The van der Waals surface area contributed by atoms with Crippen LogP contribution in [0.3, 0.4) is 0 Å². The maximum Gasteiger partial charge on any atom is 0.266 e. The Morgan fingerprint density at radius 1 is 1.17 bits per heavy atom. The molecule has 0 radical (unpaired) electrons. The molecule has 0 saturated carbocycles. The van der Waals surface area contributed by atoms with Crippen LogP contribution in [-0.4, -0.2) is 28.8 Å². The Morgan fingerprint density at radius 2 is 1.93 bits per heavy atom. The first-order valence-corrected chi connectivity index (χ1v) is 10.2. The van der Waals surface area contributed by atoms with Crippen LogP contribution in [0.15, 0.2) is 63.9 Å². The number of hydrogen-bond acceptors (Lipinski definition) is 4. The normalized spacial score (nSPS) is 10.6. The summed E-state index contributed by atoms with van der Waals surface area (Å²) in [4.78, 5) is 24.5. The van der Waals surface area contributed by atoms with Gasteiger partial charge in [0.05, 0.1) is 29.4 Å². The van der Waals surface area contributed by atoms with E-state index in [4.69, 9.17) is 16.3 Å². The lowest BCUT2D eigenvalue weighted by Crippen LogP contribution is -2.32. The Hall–Kier alpha value is -2.64. The Balaban J connectivity index is 1.68. The van der Waals surface area contributed by atoms with E-state index in [0.29, 0.717) is 22.9 Å². The predicted molar refractivity (Wildman–Crippen MR) is 117 cm³/mol. The number of rotatable bonds is 7. The molecule has 1 amide bonds. The fourth-order valence-corrected chi connectivity index (χ4v) is 3.26. The van der Waals surface area contributed by atoms with Crippen molar-refractivity contribution in [3.05, 3.63) is 80.0 Å². The van der Waals surface area contributed by atoms with E-state index in [1.807, 2.05) is 31.2 Å². The molecule has 0 saturated heterocycles. The van der Waals surface area contributed by atoms with Gasteiger partial charge in [0.2, 0.25) is 0 Å². The van der Waals surface area contributed by atoms with Gasteiger partial charge >= 0.3 is 0 Å². The first-order valence-electron chi connectivity index (χ1n) is 9.02. The highest BCUT2D eigenvalue weighted by Crippen LogP contribution is 2.21. The summed E-state index contributed by atoms with van der Waals surface area (Å²) in [6, 6.07) is 15.7. The Bertz CT molecular complexity index is 1070. The second-order valence-corrected chi connectivity index (χ2v) is 7.44. The number of benzene rings is 2. The maximum absolute atomic E-state index is 12.3. The van der Waals surface area contributed by atoms with Gasteiger partial charge in [0.15, 0.2) is 0 Å². The van der Waals surface area contributed by atoms with E-state index in [1.165, 1.54) is 10.7 Å². The summed E-state index contributed by atoms with van der Waals surface area (Å²) in [6.45, 7) is 3.00. The van der Waals surface area contributed by atoms with Crippen LogP contribution in [0, 0.1) is 0 Å². The summed E-state index contributed by atoms with van der Waals surface area (Å²) in [6.07, 6.45) is 0. The summed E-state index contributed by atoms with van der Waals surface area (Å²) < 4.78 is 7.52. The van der Waals surface area contributed by atoms with Crippen LogP contribution in [0.25, 0.3) is 11.3 Å². The highest BCUT2D eigenvalue weighted by atomic mass is 79.9. The average Bonchev–Trinajstić information content (AvgIpc) is 2.72. The van der Waals surface area contributed by atoms with Crippen molar-refractivity contribution in [2.24, 2.45) is 0 Å². The minimum absolute atomic E-state index is 0.237. The zero-order valence-electron chi connectivity index (χ0n) is 15.7. The van der Waals surface area contributed by atoms with Gasteiger partial charge in [-0.3, -0.25) is 9.59 Å². The monoisotopic (exact) mass is 475 g/mol. The van der Waals surface area contributed by atoms with Crippen LogP contribution >= 0.6 is 27.5 Å². The van der Waals surface area contributed by atoms with Crippen LogP contribution in [0.4, 0.5) is 0 Å². The number of carbonyl (C=O) groups excluding carboxylic acids is 1. The molecule has 0 aliphatic rings.